The Bertz CT molecular complexity index is 1020. The van der Waals surface area contributed by atoms with Crippen molar-refractivity contribution in [3.63, 3.8) is 0 Å². The van der Waals surface area contributed by atoms with E-state index in [-0.39, 0.29) is 23.8 Å². The second-order valence-electron chi connectivity index (χ2n) is 7.57. The van der Waals surface area contributed by atoms with Crippen LogP contribution in [0.3, 0.4) is 0 Å². The van der Waals surface area contributed by atoms with E-state index in [2.05, 4.69) is 9.97 Å². The van der Waals surface area contributed by atoms with Crippen LogP contribution in [0.4, 0.5) is 11.4 Å². The summed E-state index contributed by atoms with van der Waals surface area (Å²) in [5.41, 5.74) is 7.89. The Labute approximate surface area is 185 Å². The van der Waals surface area contributed by atoms with Gasteiger partial charge in [-0.1, -0.05) is 0 Å². The number of hydrogen-bond donors (Lipinski definition) is 1. The fourth-order valence-corrected chi connectivity index (χ4v) is 3.05. The number of nitro groups is 1. The lowest BCUT2D eigenvalue weighted by Crippen LogP contribution is -2.09. The minimum Gasteiger partial charge on any atom is -0.462 e. The standard InChI is InChI=1S/C11H12N2O4.C11H14N2O2/c1-2-17-11(14)8-5-9(7-3-4-7)12-6-10(8)13(15)16;1-2-15-11(14)8-5-10(7-3-4-7)13-6-9(8)12/h5-7H,2-4H2,1H3;5-7H,2-4,12H2,1H3. The van der Waals surface area contributed by atoms with E-state index in [4.69, 9.17) is 15.2 Å². The van der Waals surface area contributed by atoms with Gasteiger partial charge in [0.1, 0.15) is 11.8 Å². The molecule has 2 aliphatic rings. The third-order valence-corrected chi connectivity index (χ3v) is 5.04. The largest absolute Gasteiger partial charge is 0.462 e. The minimum absolute atomic E-state index is 0.00579. The molecule has 0 saturated heterocycles. The molecule has 0 spiro atoms. The maximum atomic E-state index is 11.6. The smallest absolute Gasteiger partial charge is 0.345 e. The average molecular weight is 442 g/mol. The molecule has 0 aromatic carbocycles. The summed E-state index contributed by atoms with van der Waals surface area (Å²) in [5.74, 6) is -0.175. The first-order valence-corrected chi connectivity index (χ1v) is 10.6. The molecule has 0 unspecified atom stereocenters. The van der Waals surface area contributed by atoms with Gasteiger partial charge in [0.2, 0.25) is 0 Å². The van der Waals surface area contributed by atoms with Gasteiger partial charge in [0.15, 0.2) is 0 Å². The van der Waals surface area contributed by atoms with Gasteiger partial charge in [0.25, 0.3) is 0 Å². The summed E-state index contributed by atoms with van der Waals surface area (Å²) in [7, 11) is 0. The van der Waals surface area contributed by atoms with Gasteiger partial charge in [0.05, 0.1) is 35.6 Å². The van der Waals surface area contributed by atoms with E-state index in [1.54, 1.807) is 26.1 Å². The summed E-state index contributed by atoms with van der Waals surface area (Å²) < 4.78 is 9.72. The number of esters is 2. The van der Waals surface area contributed by atoms with Crippen LogP contribution in [0, 0.1) is 10.1 Å². The van der Waals surface area contributed by atoms with E-state index in [1.165, 1.54) is 6.07 Å². The quantitative estimate of drug-likeness (QED) is 0.384. The van der Waals surface area contributed by atoms with Crippen molar-refractivity contribution < 1.29 is 24.0 Å². The van der Waals surface area contributed by atoms with Crippen LogP contribution in [0.15, 0.2) is 24.5 Å². The zero-order valence-corrected chi connectivity index (χ0v) is 18.1. The number of aromatic nitrogens is 2. The lowest BCUT2D eigenvalue weighted by molar-refractivity contribution is -0.385. The summed E-state index contributed by atoms with van der Waals surface area (Å²) in [6, 6.07) is 3.23. The second kappa shape index (κ2) is 10.2. The molecule has 2 heterocycles. The van der Waals surface area contributed by atoms with Crippen LogP contribution < -0.4 is 5.73 Å². The van der Waals surface area contributed by atoms with Gasteiger partial charge in [-0.05, 0) is 51.7 Å². The lowest BCUT2D eigenvalue weighted by atomic mass is 10.1. The molecule has 4 rings (SSSR count). The SMILES string of the molecule is CCOC(=O)c1cc(C2CC2)ncc1N.CCOC(=O)c1cc(C2CC2)ncc1[N+](=O)[O-]. The topological polar surface area (TPSA) is 148 Å². The molecule has 2 aromatic rings. The molecule has 2 aromatic heterocycles. The molecule has 10 nitrogen and oxygen atoms in total. The second-order valence-corrected chi connectivity index (χ2v) is 7.57. The first kappa shape index (κ1) is 23.1. The first-order chi connectivity index (χ1) is 15.3. The van der Waals surface area contributed by atoms with Crippen LogP contribution in [0.2, 0.25) is 0 Å². The van der Waals surface area contributed by atoms with Crippen molar-refractivity contribution in [2.75, 3.05) is 18.9 Å². The van der Waals surface area contributed by atoms with E-state index in [0.717, 1.165) is 43.3 Å². The van der Waals surface area contributed by atoms with Crippen LogP contribution in [0.5, 0.6) is 0 Å². The number of ether oxygens (including phenoxy) is 2. The van der Waals surface area contributed by atoms with Crippen molar-refractivity contribution in [3.05, 3.63) is 57.2 Å². The Morgan fingerprint density at radius 3 is 1.91 bits per heavy atom. The van der Waals surface area contributed by atoms with Crippen molar-refractivity contribution in [2.45, 2.75) is 51.4 Å². The molecule has 0 atom stereocenters. The normalized spacial score (nSPS) is 14.7. The van der Waals surface area contributed by atoms with Gasteiger partial charge in [-0.15, -0.1) is 0 Å². The maximum absolute atomic E-state index is 11.6. The average Bonchev–Trinajstić information content (AvgIpc) is 3.67. The summed E-state index contributed by atoms with van der Waals surface area (Å²) in [6.45, 7) is 3.99. The van der Waals surface area contributed by atoms with Gasteiger partial charge in [-0.3, -0.25) is 20.1 Å². The zero-order chi connectivity index (χ0) is 23.3. The molecule has 170 valence electrons. The number of carbonyl (C=O) groups is 2. The van der Waals surface area contributed by atoms with E-state index in [9.17, 15) is 19.7 Å². The monoisotopic (exact) mass is 442 g/mol. The number of pyridine rings is 2. The predicted octanol–water partition coefficient (Wildman–Crippen LogP) is 3.76. The molecule has 0 amide bonds. The first-order valence-electron chi connectivity index (χ1n) is 10.6. The number of nitrogens with zero attached hydrogens (tertiary/aromatic N) is 3. The van der Waals surface area contributed by atoms with E-state index >= 15 is 0 Å². The fourth-order valence-electron chi connectivity index (χ4n) is 3.05. The van der Waals surface area contributed by atoms with Gasteiger partial charge < -0.3 is 15.2 Å². The van der Waals surface area contributed by atoms with Crippen LogP contribution in [-0.4, -0.2) is 40.0 Å². The highest BCUT2D eigenvalue weighted by molar-refractivity contribution is 5.95. The third kappa shape index (κ3) is 5.77. The molecule has 2 fully saturated rings. The van der Waals surface area contributed by atoms with E-state index in [1.807, 2.05) is 0 Å². The lowest BCUT2D eigenvalue weighted by Gasteiger charge is -2.06. The number of hydrogen-bond acceptors (Lipinski definition) is 9. The van der Waals surface area contributed by atoms with Crippen molar-refractivity contribution in [3.8, 4) is 0 Å². The Balaban J connectivity index is 0.000000182. The number of nitrogen functional groups attached to an aromatic ring is 1. The number of carbonyl (C=O) groups excluding carboxylic acids is 2. The molecule has 0 aliphatic heterocycles. The Kier molecular flexibility index (Phi) is 7.34. The number of nitrogens with two attached hydrogens (primary N) is 1. The van der Waals surface area contributed by atoms with Gasteiger partial charge in [0, 0.05) is 23.2 Å². The molecule has 2 saturated carbocycles. The predicted molar refractivity (Wildman–Crippen MR) is 115 cm³/mol. The highest BCUT2D eigenvalue weighted by Gasteiger charge is 2.30. The summed E-state index contributed by atoms with van der Waals surface area (Å²) in [4.78, 5) is 41.5. The molecule has 0 bridgehead atoms. The Morgan fingerprint density at radius 2 is 1.44 bits per heavy atom. The van der Waals surface area contributed by atoms with Crippen molar-refractivity contribution >= 4 is 23.3 Å². The fraction of sp³-hybridized carbons (Fsp3) is 0.455. The highest BCUT2D eigenvalue weighted by atomic mass is 16.6. The van der Waals surface area contributed by atoms with Gasteiger partial charge in [-0.25, -0.2) is 9.59 Å². The summed E-state index contributed by atoms with van der Waals surface area (Å²) >= 11 is 0. The molecular formula is C22H26N4O6. The van der Waals surface area contributed by atoms with Gasteiger partial charge >= 0.3 is 17.6 Å². The van der Waals surface area contributed by atoms with Crippen molar-refractivity contribution in [2.24, 2.45) is 0 Å². The zero-order valence-electron chi connectivity index (χ0n) is 18.1. The maximum Gasteiger partial charge on any atom is 0.345 e. The highest BCUT2D eigenvalue weighted by Crippen LogP contribution is 2.40. The molecule has 0 radical (unpaired) electrons. The molecule has 2 aliphatic carbocycles. The summed E-state index contributed by atoms with van der Waals surface area (Å²) in [6.07, 6.45) is 7.03. The Morgan fingerprint density at radius 1 is 0.969 bits per heavy atom. The van der Waals surface area contributed by atoms with E-state index < -0.39 is 10.9 Å². The van der Waals surface area contributed by atoms with Crippen molar-refractivity contribution in [1.29, 1.82) is 0 Å². The van der Waals surface area contributed by atoms with Crippen LogP contribution >= 0.6 is 0 Å². The number of anilines is 1. The van der Waals surface area contributed by atoms with E-state index in [0.29, 0.717) is 29.7 Å². The molecular weight excluding hydrogens is 416 g/mol. The molecule has 2 N–H and O–H groups in total. The Hall–Kier alpha value is -3.56. The van der Waals surface area contributed by atoms with Crippen molar-refractivity contribution in [1.82, 2.24) is 9.97 Å². The van der Waals surface area contributed by atoms with Gasteiger partial charge in [-0.2, -0.15) is 0 Å². The molecule has 10 heteroatoms. The number of rotatable bonds is 7. The molecule has 32 heavy (non-hydrogen) atoms. The van der Waals surface area contributed by atoms with Crippen LogP contribution in [-0.2, 0) is 9.47 Å². The van der Waals surface area contributed by atoms with Crippen LogP contribution in [0.1, 0.15) is 83.5 Å². The summed E-state index contributed by atoms with van der Waals surface area (Å²) in [5, 5.41) is 10.8. The third-order valence-electron chi connectivity index (χ3n) is 5.04. The van der Waals surface area contributed by atoms with Crippen LogP contribution in [0.25, 0.3) is 0 Å². The minimum atomic E-state index is -0.663.